The first-order valence-corrected chi connectivity index (χ1v) is 35.1. The maximum atomic E-state index is 13.8. The Hall–Kier alpha value is -11.2. The number of aliphatic hydroxyl groups excluding tert-OH is 3. The Kier molecular flexibility index (Phi) is 28.9. The Balaban J connectivity index is 0.702. The Morgan fingerprint density at radius 2 is 1.41 bits per heavy atom. The van der Waals surface area contributed by atoms with Crippen LogP contribution in [0.1, 0.15) is 78.8 Å². The Labute approximate surface area is 627 Å². The molecule has 2 aliphatic heterocycles. The molecule has 1 aromatic heterocycles. The van der Waals surface area contributed by atoms with Gasteiger partial charge in [-0.2, -0.15) is 10.2 Å². The number of nitrogens with one attached hydrogen (secondary N) is 4. The Morgan fingerprint density at radius 3 is 2.04 bits per heavy atom. The molecule has 580 valence electrons. The van der Waals surface area contributed by atoms with E-state index >= 15 is 0 Å². The van der Waals surface area contributed by atoms with Crippen LogP contribution in [0.25, 0.3) is 33.4 Å². The average Bonchev–Trinajstić information content (AvgIpc) is 1.13. The lowest BCUT2D eigenvalue weighted by atomic mass is 9.89. The molecule has 9 rings (SSSR count). The second-order valence-electron chi connectivity index (χ2n) is 26.3. The number of aromatic nitrogens is 3. The first kappa shape index (κ1) is 81.8. The van der Waals surface area contributed by atoms with E-state index in [1.165, 1.54) is 49.2 Å². The molecule has 3 aliphatic rings. The number of nitro groups is 1. The molecule has 8 N–H and O–H groups in total. The summed E-state index contributed by atoms with van der Waals surface area (Å²) in [5.74, 6) is -2.47. The van der Waals surface area contributed by atoms with Gasteiger partial charge in [0.05, 0.1) is 88.3 Å². The van der Waals surface area contributed by atoms with E-state index in [0.29, 0.717) is 112 Å². The number of aromatic carboxylic acids is 1. The van der Waals surface area contributed by atoms with Crippen molar-refractivity contribution in [2.75, 3.05) is 105 Å². The van der Waals surface area contributed by atoms with Gasteiger partial charge in [-0.05, 0) is 98.5 Å². The first-order valence-electron chi connectivity index (χ1n) is 35.1. The fourth-order valence-corrected chi connectivity index (χ4v) is 11.8. The number of carboxylic acid groups (broad SMARTS) is 1. The van der Waals surface area contributed by atoms with Crippen LogP contribution >= 0.6 is 0 Å². The highest BCUT2D eigenvalue weighted by molar-refractivity contribution is 6.09. The number of rotatable bonds is 38. The van der Waals surface area contributed by atoms with Gasteiger partial charge in [0, 0.05) is 130 Å². The number of carbonyl (C=O) groups is 5. The van der Waals surface area contributed by atoms with Gasteiger partial charge in [-0.3, -0.25) is 29.3 Å². The summed E-state index contributed by atoms with van der Waals surface area (Å²) in [4.78, 5) is 79.8. The van der Waals surface area contributed by atoms with Gasteiger partial charge in [0.15, 0.2) is 18.2 Å². The third-order valence-electron chi connectivity index (χ3n) is 17.9. The normalized spacial score (nSPS) is 16.5. The van der Waals surface area contributed by atoms with Crippen molar-refractivity contribution in [2.45, 2.75) is 108 Å². The molecule has 3 heterocycles. The molecule has 0 radical (unpaired) electrons. The molecule has 7 atom stereocenters. The van der Waals surface area contributed by atoms with Gasteiger partial charge in [-0.15, -0.1) is 15.3 Å². The van der Waals surface area contributed by atoms with Crippen molar-refractivity contribution in [3.63, 3.8) is 0 Å². The maximum absolute atomic E-state index is 13.8. The molecule has 0 bridgehead atoms. The molecular formula is C75H91N15O19. The van der Waals surface area contributed by atoms with Crippen LogP contribution in [0.15, 0.2) is 146 Å². The van der Waals surface area contributed by atoms with Gasteiger partial charge in [0.1, 0.15) is 78.4 Å². The molecule has 6 aromatic rings. The van der Waals surface area contributed by atoms with Crippen molar-refractivity contribution in [2.24, 2.45) is 20.5 Å². The minimum atomic E-state index is -2.47. The van der Waals surface area contributed by atoms with Crippen molar-refractivity contribution >= 4 is 80.4 Å². The van der Waals surface area contributed by atoms with E-state index in [-0.39, 0.29) is 75.1 Å². The maximum Gasteiger partial charge on any atom is 0.269 e. The van der Waals surface area contributed by atoms with Crippen molar-refractivity contribution in [3.8, 4) is 33.9 Å². The van der Waals surface area contributed by atoms with E-state index in [1.54, 1.807) is 42.6 Å². The van der Waals surface area contributed by atoms with Crippen LogP contribution in [0.3, 0.4) is 0 Å². The van der Waals surface area contributed by atoms with Gasteiger partial charge in [0.2, 0.25) is 17.2 Å². The van der Waals surface area contributed by atoms with Gasteiger partial charge in [0.25, 0.3) is 17.5 Å². The van der Waals surface area contributed by atoms with Crippen molar-refractivity contribution in [1.82, 2.24) is 40.8 Å². The number of azo groups is 2. The largest absolute Gasteiger partial charge is 0.545 e. The number of nitrogens with zero attached hydrogens (tertiary/aromatic N) is 11. The fourth-order valence-electron chi connectivity index (χ4n) is 11.8. The predicted molar refractivity (Wildman–Crippen MR) is 397 cm³/mol. The number of ether oxygens (including phenoxy) is 6. The number of unbranched alkanes of at least 4 members (excludes halogenated alkanes) is 3. The third-order valence-corrected chi connectivity index (χ3v) is 17.9. The van der Waals surface area contributed by atoms with Crippen LogP contribution in [0.5, 0.6) is 11.5 Å². The molecule has 5 aromatic carbocycles. The highest BCUT2D eigenvalue weighted by Gasteiger charge is 2.50. The molecule has 34 nitrogen and oxygen atoms in total. The number of hydrogen-bond donors (Lipinski definition) is 8. The number of methoxy groups -OCH3 is 2. The summed E-state index contributed by atoms with van der Waals surface area (Å²) in [5.41, 5.74) is 3.51. The highest BCUT2D eigenvalue weighted by Crippen LogP contribution is 2.44. The summed E-state index contributed by atoms with van der Waals surface area (Å²) in [7, 11) is 12.5. The zero-order valence-corrected chi connectivity index (χ0v) is 61.9. The number of benzene rings is 6. The Morgan fingerprint density at radius 1 is 0.761 bits per heavy atom. The standard InChI is InChI=1S/C75H91N15O19/c1-45(92)79-67-69(95)68(94)64(44-91)108-72(67)109-74(75(2,100)73(99)77-31-13-11-10-12-30-76-70(96)46-16-27-54(57(37-46)71(97)98)66-55-28-25-52(86(3)4)38-60(55)107-61-39-53(87(5)6)26-29-56(61)66)106-36-35-105-34-33-89-43-49(82-85-89)42-78-65(93)15-14-32-88(7)50-21-17-47(18-22-50)80-83-58-40-63(104-9)59(41-62(58)103-8)84-81-48-19-23-51(24-20-48)90(101)102/h16-29,37-41,43,64,67-69,72,74,91,94-95,100H,10-15,30-36,42,44H2,1-9H3,(H4-,76,77,78,79,92,93,96,97,98,99)/t64-,67-,68-,69-,72+,74-,75+/m1/s1. The molecule has 4 amide bonds. The van der Waals surface area contributed by atoms with E-state index in [4.69, 9.17) is 32.8 Å². The zero-order chi connectivity index (χ0) is 78.5. The van der Waals surface area contributed by atoms with Gasteiger partial charge < -0.3 is 94.2 Å². The molecule has 1 aliphatic carbocycles. The second-order valence-corrected chi connectivity index (χ2v) is 26.3. The summed E-state index contributed by atoms with van der Waals surface area (Å²) in [6.07, 6.45) is -3.71. The molecule has 0 saturated carbocycles. The minimum Gasteiger partial charge on any atom is -0.545 e. The number of carboxylic acids is 1. The number of hydrogen-bond acceptors (Lipinski definition) is 27. The molecule has 0 unspecified atom stereocenters. The Bertz CT molecular complexity index is 4580. The van der Waals surface area contributed by atoms with Crippen LogP contribution in [-0.2, 0) is 46.4 Å². The van der Waals surface area contributed by atoms with E-state index < -0.39 is 77.8 Å². The molecular weight excluding hydrogens is 1410 g/mol. The monoisotopic (exact) mass is 1510 g/mol. The quantitative estimate of drug-likeness (QED) is 0.00436. The van der Waals surface area contributed by atoms with Crippen LogP contribution in [0.4, 0.5) is 39.8 Å². The molecule has 0 spiro atoms. The number of amides is 4. The fraction of sp³-hybridized carbons (Fsp3) is 0.413. The zero-order valence-electron chi connectivity index (χ0n) is 61.9. The van der Waals surface area contributed by atoms with Crippen LogP contribution in [0.2, 0.25) is 0 Å². The second kappa shape index (κ2) is 38.5. The predicted octanol–water partition coefficient (Wildman–Crippen LogP) is 5.72. The SMILES string of the molecule is COc1cc(N=Nc2ccc([N+](=O)[O-])cc2)c(OC)cc1N=Nc1ccc(N(C)CCCC(=O)NCc2cn(CCOCCO[C@H](O[C@@H]3O[C@H](CO)[C@@H](O)[C@H](O)[C@H]3NC(C)=O)[C@@](C)(O)C(=O)NCCCCCCNC(=O)c3ccc(-c4c5ccc(=[N+](C)C)cc-5oc5cc(N(C)C)ccc45)c(C(=O)[O-])c3)nn2)cc1. The van der Waals surface area contributed by atoms with Gasteiger partial charge >= 0.3 is 0 Å². The van der Waals surface area contributed by atoms with Crippen molar-refractivity contribution < 1.29 is 87.3 Å². The minimum absolute atomic E-state index is 0.0695. The number of aliphatic hydroxyl groups is 4. The van der Waals surface area contributed by atoms with Crippen LogP contribution in [0, 0.1) is 10.1 Å². The number of carbonyl (C=O) groups excluding carboxylic acids is 5. The average molecular weight is 1510 g/mol. The van der Waals surface area contributed by atoms with E-state index in [0.717, 1.165) is 30.6 Å². The first-order chi connectivity index (χ1) is 52.3. The van der Waals surface area contributed by atoms with Crippen molar-refractivity contribution in [3.05, 3.63) is 154 Å². The summed E-state index contributed by atoms with van der Waals surface area (Å²) in [5, 5.41) is 105. The van der Waals surface area contributed by atoms with Gasteiger partial charge in [-0.25, -0.2) is 9.26 Å². The molecule has 109 heavy (non-hydrogen) atoms. The molecule has 1 saturated heterocycles. The summed E-state index contributed by atoms with van der Waals surface area (Å²) >= 11 is 0. The van der Waals surface area contributed by atoms with E-state index in [9.17, 15) is 59.6 Å². The van der Waals surface area contributed by atoms with Crippen LogP contribution in [-0.4, -0.2) is 208 Å². The number of non-ortho nitro benzene ring substituents is 1. The number of anilines is 2. The van der Waals surface area contributed by atoms with E-state index in [2.05, 4.69) is 52.0 Å². The highest BCUT2D eigenvalue weighted by atomic mass is 16.8. The molecule has 1 fully saturated rings. The third kappa shape index (κ3) is 21.8. The van der Waals surface area contributed by atoms with Crippen LogP contribution < -0.4 is 55.6 Å². The number of fused-ring (bicyclic) bond motifs is 2. The lowest BCUT2D eigenvalue weighted by molar-refractivity contribution is -0.384. The number of nitro benzene ring substituents is 1. The molecule has 34 heteroatoms. The van der Waals surface area contributed by atoms with Gasteiger partial charge in [-0.1, -0.05) is 24.1 Å². The smallest absolute Gasteiger partial charge is 0.269 e. The summed E-state index contributed by atoms with van der Waals surface area (Å²) < 4.78 is 44.4. The summed E-state index contributed by atoms with van der Waals surface area (Å²) in [6, 6.07) is 30.6. The lowest BCUT2D eigenvalue weighted by Crippen LogP contribution is -2.66. The van der Waals surface area contributed by atoms with Crippen molar-refractivity contribution in [1.29, 1.82) is 0 Å². The van der Waals surface area contributed by atoms with E-state index in [1.807, 2.05) is 98.1 Å². The lowest BCUT2D eigenvalue weighted by Gasteiger charge is -2.44. The summed E-state index contributed by atoms with van der Waals surface area (Å²) in [6.45, 7) is 2.47. The topological polar surface area (TPSA) is 439 Å².